The molecule has 0 radical (unpaired) electrons. The smallest absolute Gasteiger partial charge is 0.244 e. The Bertz CT molecular complexity index is 1400. The maximum atomic E-state index is 14.2. The average Bonchev–Trinajstić information content (AvgIpc) is 2.95. The summed E-state index contributed by atoms with van der Waals surface area (Å²) in [4.78, 5) is 29.7. The van der Waals surface area contributed by atoms with Crippen molar-refractivity contribution in [1.29, 1.82) is 0 Å². The van der Waals surface area contributed by atoms with E-state index in [0.29, 0.717) is 12.1 Å². The van der Waals surface area contributed by atoms with Gasteiger partial charge in [-0.1, -0.05) is 97.1 Å². The number of hydrogen-bond donors (Lipinski definition) is 1. The van der Waals surface area contributed by atoms with Crippen LogP contribution in [0.25, 0.3) is 0 Å². The number of nitrogens with one attached hydrogen (secondary N) is 1. The van der Waals surface area contributed by atoms with Gasteiger partial charge in [0.15, 0.2) is 0 Å². The van der Waals surface area contributed by atoms with E-state index in [1.807, 2.05) is 80.6 Å². The van der Waals surface area contributed by atoms with Crippen molar-refractivity contribution >= 4 is 27.5 Å². The summed E-state index contributed by atoms with van der Waals surface area (Å²) in [6.07, 6.45) is 6.57. The molecule has 3 aromatic carbocycles. The normalized spacial score (nSPS) is 14.7. The number of anilines is 1. The van der Waals surface area contributed by atoms with Crippen LogP contribution in [0.3, 0.4) is 0 Å². The maximum absolute atomic E-state index is 14.2. The molecule has 1 fully saturated rings. The highest BCUT2D eigenvalue weighted by Crippen LogP contribution is 2.22. The lowest BCUT2D eigenvalue weighted by Crippen LogP contribution is -2.55. The van der Waals surface area contributed by atoms with Gasteiger partial charge in [0.1, 0.15) is 12.6 Å². The largest absolute Gasteiger partial charge is 0.352 e. The monoisotopic (exact) mass is 575 g/mol. The van der Waals surface area contributed by atoms with Crippen molar-refractivity contribution < 1.29 is 18.0 Å². The summed E-state index contributed by atoms with van der Waals surface area (Å²) < 4.78 is 26.9. The van der Waals surface area contributed by atoms with Crippen LogP contribution >= 0.6 is 0 Å². The van der Waals surface area contributed by atoms with Gasteiger partial charge in [0.25, 0.3) is 0 Å². The molecule has 1 aliphatic carbocycles. The molecular formula is C33H41N3O4S. The topological polar surface area (TPSA) is 86.8 Å². The SMILES string of the molecule is Cc1ccc(CN(C(=O)CN(c2ccc(C)cc2)S(C)(=O)=O)[C@@H](Cc2ccccc2)C(=O)NC2CCCCC2)cc1. The first-order valence-electron chi connectivity index (χ1n) is 14.3. The molecule has 1 saturated carbocycles. The number of sulfonamides is 1. The molecule has 0 saturated heterocycles. The van der Waals surface area contributed by atoms with E-state index in [4.69, 9.17) is 0 Å². The lowest BCUT2D eigenvalue weighted by molar-refractivity contribution is -0.140. The van der Waals surface area contributed by atoms with Crippen LogP contribution in [-0.4, -0.2) is 50.0 Å². The van der Waals surface area contributed by atoms with E-state index in [-0.39, 0.29) is 18.5 Å². The molecule has 218 valence electrons. The molecule has 3 aromatic rings. The molecule has 1 atom stereocenters. The highest BCUT2D eigenvalue weighted by Gasteiger charge is 2.34. The number of amides is 2. The van der Waals surface area contributed by atoms with Crippen LogP contribution in [-0.2, 0) is 32.6 Å². The van der Waals surface area contributed by atoms with Gasteiger partial charge in [-0.3, -0.25) is 13.9 Å². The maximum Gasteiger partial charge on any atom is 0.244 e. The predicted molar refractivity (Wildman–Crippen MR) is 164 cm³/mol. The fourth-order valence-electron chi connectivity index (χ4n) is 5.31. The lowest BCUT2D eigenvalue weighted by Gasteiger charge is -2.35. The van der Waals surface area contributed by atoms with E-state index >= 15 is 0 Å². The number of hydrogen-bond acceptors (Lipinski definition) is 4. The van der Waals surface area contributed by atoms with Crippen molar-refractivity contribution in [3.05, 3.63) is 101 Å². The molecule has 8 heteroatoms. The molecule has 0 spiro atoms. The van der Waals surface area contributed by atoms with E-state index in [0.717, 1.165) is 64.9 Å². The van der Waals surface area contributed by atoms with Crippen molar-refractivity contribution in [2.24, 2.45) is 0 Å². The van der Waals surface area contributed by atoms with E-state index in [1.54, 1.807) is 17.0 Å². The number of rotatable bonds is 11. The number of nitrogens with zero attached hydrogens (tertiary/aromatic N) is 2. The van der Waals surface area contributed by atoms with Gasteiger partial charge in [-0.05, 0) is 49.9 Å². The molecule has 0 unspecified atom stereocenters. The quantitative estimate of drug-likeness (QED) is 0.342. The summed E-state index contributed by atoms with van der Waals surface area (Å²) in [5, 5.41) is 3.23. The molecular weight excluding hydrogens is 534 g/mol. The first-order chi connectivity index (χ1) is 19.6. The van der Waals surface area contributed by atoms with Gasteiger partial charge in [-0.15, -0.1) is 0 Å². The molecule has 0 heterocycles. The van der Waals surface area contributed by atoms with Crippen LogP contribution in [0.4, 0.5) is 5.69 Å². The Kier molecular flexibility index (Phi) is 10.2. The minimum atomic E-state index is -3.78. The Hall–Kier alpha value is -3.65. The number of carbonyl (C=O) groups is 2. The van der Waals surface area contributed by atoms with Crippen LogP contribution in [0.2, 0.25) is 0 Å². The Morgan fingerprint density at radius 2 is 1.41 bits per heavy atom. The third-order valence-corrected chi connectivity index (χ3v) is 8.84. The van der Waals surface area contributed by atoms with E-state index in [9.17, 15) is 18.0 Å². The Morgan fingerprint density at radius 1 is 0.829 bits per heavy atom. The second kappa shape index (κ2) is 13.8. The minimum Gasteiger partial charge on any atom is -0.352 e. The first kappa shape index (κ1) is 30.3. The van der Waals surface area contributed by atoms with Gasteiger partial charge in [0.05, 0.1) is 11.9 Å². The number of benzene rings is 3. The van der Waals surface area contributed by atoms with Gasteiger partial charge in [0, 0.05) is 19.0 Å². The van der Waals surface area contributed by atoms with Crippen molar-refractivity contribution in [2.45, 2.75) is 71.0 Å². The summed E-state index contributed by atoms with van der Waals surface area (Å²) in [6, 6.07) is 23.8. The van der Waals surface area contributed by atoms with Crippen LogP contribution in [0.15, 0.2) is 78.9 Å². The van der Waals surface area contributed by atoms with Crippen LogP contribution in [0.5, 0.6) is 0 Å². The number of aryl methyl sites for hydroxylation is 2. The zero-order chi connectivity index (χ0) is 29.4. The minimum absolute atomic E-state index is 0.0749. The van der Waals surface area contributed by atoms with Crippen molar-refractivity contribution in [2.75, 3.05) is 17.1 Å². The van der Waals surface area contributed by atoms with Crippen molar-refractivity contribution in [1.82, 2.24) is 10.2 Å². The third-order valence-electron chi connectivity index (χ3n) is 7.70. The Balaban J connectivity index is 1.71. The van der Waals surface area contributed by atoms with Gasteiger partial charge in [-0.25, -0.2) is 8.42 Å². The standard InChI is InChI=1S/C33H41N3O4S/c1-25-14-18-28(19-15-25)23-35(32(37)24-36(41(3,39)40)30-20-16-26(2)17-21-30)31(22-27-10-6-4-7-11-27)33(38)34-29-12-8-5-9-13-29/h4,6-7,10-11,14-21,29,31H,5,8-9,12-13,22-24H2,1-3H3,(H,34,38)/t31-/m0/s1. The molecule has 1 aliphatic rings. The molecule has 2 amide bonds. The van der Waals surface area contributed by atoms with Crippen molar-refractivity contribution in [3.8, 4) is 0 Å². The third kappa shape index (κ3) is 8.67. The second-order valence-electron chi connectivity index (χ2n) is 11.2. The fourth-order valence-corrected chi connectivity index (χ4v) is 6.16. The summed E-state index contributed by atoms with van der Waals surface area (Å²) in [7, 11) is -3.78. The predicted octanol–water partition coefficient (Wildman–Crippen LogP) is 5.16. The summed E-state index contributed by atoms with van der Waals surface area (Å²) in [5.74, 6) is -0.640. The molecule has 41 heavy (non-hydrogen) atoms. The second-order valence-corrected chi connectivity index (χ2v) is 13.1. The Morgan fingerprint density at radius 3 is 2.00 bits per heavy atom. The van der Waals surface area contributed by atoms with Gasteiger partial charge in [0.2, 0.25) is 21.8 Å². The van der Waals surface area contributed by atoms with Gasteiger partial charge >= 0.3 is 0 Å². The zero-order valence-electron chi connectivity index (χ0n) is 24.3. The van der Waals surface area contributed by atoms with Crippen LogP contribution in [0, 0.1) is 13.8 Å². The van der Waals surface area contributed by atoms with Crippen LogP contribution in [0.1, 0.15) is 54.4 Å². The molecule has 1 N–H and O–H groups in total. The summed E-state index contributed by atoms with van der Waals surface area (Å²) >= 11 is 0. The van der Waals surface area contributed by atoms with Crippen molar-refractivity contribution in [3.63, 3.8) is 0 Å². The van der Waals surface area contributed by atoms with Gasteiger partial charge in [-0.2, -0.15) is 0 Å². The molecule has 4 rings (SSSR count). The summed E-state index contributed by atoms with van der Waals surface area (Å²) in [5.41, 5.74) is 4.28. The van der Waals surface area contributed by atoms with E-state index in [2.05, 4.69) is 5.32 Å². The van der Waals surface area contributed by atoms with E-state index in [1.165, 1.54) is 0 Å². The molecule has 0 bridgehead atoms. The highest BCUT2D eigenvalue weighted by atomic mass is 32.2. The lowest BCUT2D eigenvalue weighted by atomic mass is 9.94. The number of carbonyl (C=O) groups excluding carboxylic acids is 2. The van der Waals surface area contributed by atoms with Crippen LogP contribution < -0.4 is 9.62 Å². The van der Waals surface area contributed by atoms with E-state index < -0.39 is 28.5 Å². The average molecular weight is 576 g/mol. The molecule has 0 aliphatic heterocycles. The fraction of sp³-hybridized carbons (Fsp3) is 0.394. The first-order valence-corrected chi connectivity index (χ1v) is 16.2. The Labute approximate surface area is 244 Å². The highest BCUT2D eigenvalue weighted by molar-refractivity contribution is 7.92. The zero-order valence-corrected chi connectivity index (χ0v) is 25.1. The van der Waals surface area contributed by atoms with Gasteiger partial charge < -0.3 is 10.2 Å². The summed E-state index contributed by atoms with van der Waals surface area (Å²) in [6.45, 7) is 3.69. The molecule has 0 aromatic heterocycles. The molecule has 7 nitrogen and oxygen atoms in total.